The van der Waals surface area contributed by atoms with Crippen LogP contribution in [0, 0.1) is 20.8 Å². The lowest BCUT2D eigenvalue weighted by Crippen LogP contribution is -2.14. The average Bonchev–Trinajstić information content (AvgIpc) is 2.61. The molecule has 5 heteroatoms. The highest BCUT2D eigenvalue weighted by Crippen LogP contribution is 2.17. The summed E-state index contributed by atoms with van der Waals surface area (Å²) in [7, 11) is 0. The van der Waals surface area contributed by atoms with Crippen LogP contribution in [0.15, 0.2) is 18.3 Å². The first-order chi connectivity index (χ1) is 8.06. The summed E-state index contributed by atoms with van der Waals surface area (Å²) in [6.07, 6.45) is 1.72. The van der Waals surface area contributed by atoms with Gasteiger partial charge in [-0.15, -0.1) is 11.3 Å². The number of nitrogens with one attached hydrogen (secondary N) is 1. The fourth-order valence-electron chi connectivity index (χ4n) is 1.46. The number of amides is 1. The van der Waals surface area contributed by atoms with Crippen molar-refractivity contribution in [2.75, 3.05) is 5.32 Å². The van der Waals surface area contributed by atoms with Gasteiger partial charge in [0.15, 0.2) is 0 Å². The summed E-state index contributed by atoms with van der Waals surface area (Å²) >= 11 is 1.52. The molecular weight excluding hydrogens is 234 g/mol. The Bertz CT molecular complexity index is 545. The van der Waals surface area contributed by atoms with Gasteiger partial charge in [-0.2, -0.15) is 0 Å². The number of pyridine rings is 1. The van der Waals surface area contributed by atoms with Gasteiger partial charge < -0.3 is 5.32 Å². The molecule has 0 bridgehead atoms. The van der Waals surface area contributed by atoms with Crippen molar-refractivity contribution in [2.45, 2.75) is 20.8 Å². The molecule has 0 saturated carbocycles. The third-order valence-electron chi connectivity index (χ3n) is 2.27. The van der Waals surface area contributed by atoms with Gasteiger partial charge in [-0.25, -0.2) is 9.97 Å². The van der Waals surface area contributed by atoms with Gasteiger partial charge in [0.05, 0.1) is 5.01 Å². The maximum absolute atomic E-state index is 11.9. The lowest BCUT2D eigenvalue weighted by atomic mass is 10.3. The minimum atomic E-state index is -0.205. The second kappa shape index (κ2) is 4.63. The number of aromatic nitrogens is 2. The minimum absolute atomic E-state index is 0.205. The molecule has 0 aliphatic carbocycles. The highest BCUT2D eigenvalue weighted by molar-refractivity contribution is 7.11. The molecule has 2 rings (SSSR count). The number of hydrogen-bond donors (Lipinski definition) is 1. The largest absolute Gasteiger partial charge is 0.305 e. The Morgan fingerprint density at radius 1 is 1.29 bits per heavy atom. The molecule has 0 radical (unpaired) electrons. The van der Waals surface area contributed by atoms with E-state index < -0.39 is 0 Å². The topological polar surface area (TPSA) is 54.9 Å². The van der Waals surface area contributed by atoms with Gasteiger partial charge in [0.2, 0.25) is 0 Å². The lowest BCUT2D eigenvalue weighted by molar-refractivity contribution is 0.102. The van der Waals surface area contributed by atoms with Crippen molar-refractivity contribution < 1.29 is 4.79 Å². The molecule has 0 spiro atoms. The summed E-state index contributed by atoms with van der Waals surface area (Å²) in [5.41, 5.74) is 1.54. The Hall–Kier alpha value is -1.75. The monoisotopic (exact) mass is 247 g/mol. The Balaban J connectivity index is 2.17. The van der Waals surface area contributed by atoms with Crippen LogP contribution in [0.3, 0.4) is 0 Å². The van der Waals surface area contributed by atoms with Crippen molar-refractivity contribution in [1.29, 1.82) is 0 Å². The minimum Gasteiger partial charge on any atom is -0.305 e. The molecule has 17 heavy (non-hydrogen) atoms. The van der Waals surface area contributed by atoms with E-state index >= 15 is 0 Å². The third kappa shape index (κ3) is 2.68. The smallest absolute Gasteiger partial charge is 0.276 e. The number of thiazole rings is 1. The SMILES string of the molecule is Cc1ccc(NC(=O)c2nc(C)sc2C)nc1. The molecule has 0 aliphatic rings. The first-order valence-electron chi connectivity index (χ1n) is 5.24. The molecule has 2 aromatic heterocycles. The van der Waals surface area contributed by atoms with Crippen LogP contribution in [0.25, 0.3) is 0 Å². The van der Waals surface area contributed by atoms with Crippen LogP contribution in [0.2, 0.25) is 0 Å². The van der Waals surface area contributed by atoms with Crippen molar-refractivity contribution in [3.05, 3.63) is 39.5 Å². The molecule has 1 amide bonds. The molecule has 0 aliphatic heterocycles. The van der Waals surface area contributed by atoms with Crippen LogP contribution >= 0.6 is 11.3 Å². The molecule has 0 saturated heterocycles. The average molecular weight is 247 g/mol. The van der Waals surface area contributed by atoms with Crippen LogP contribution in [0.1, 0.15) is 25.9 Å². The summed E-state index contributed by atoms with van der Waals surface area (Å²) in [6, 6.07) is 3.68. The maximum atomic E-state index is 11.9. The first kappa shape index (κ1) is 11.7. The molecule has 88 valence electrons. The molecule has 4 nitrogen and oxygen atoms in total. The van der Waals surface area contributed by atoms with Crippen molar-refractivity contribution in [1.82, 2.24) is 9.97 Å². The molecule has 0 aromatic carbocycles. The molecule has 2 aromatic rings. The van der Waals surface area contributed by atoms with Crippen LogP contribution in [0.5, 0.6) is 0 Å². The van der Waals surface area contributed by atoms with E-state index in [1.165, 1.54) is 11.3 Å². The number of hydrogen-bond acceptors (Lipinski definition) is 4. The van der Waals surface area contributed by atoms with Gasteiger partial charge in [0, 0.05) is 11.1 Å². The zero-order chi connectivity index (χ0) is 12.4. The standard InChI is InChI=1S/C12H13N3OS/c1-7-4-5-10(13-6-7)15-12(16)11-8(2)17-9(3)14-11/h4-6H,1-3H3,(H,13,15,16). The van der Waals surface area contributed by atoms with E-state index in [1.54, 1.807) is 12.3 Å². The van der Waals surface area contributed by atoms with Gasteiger partial charge in [-0.1, -0.05) is 6.07 Å². The number of anilines is 1. The quantitative estimate of drug-likeness (QED) is 0.887. The molecule has 0 fully saturated rings. The summed E-state index contributed by atoms with van der Waals surface area (Å²) in [5, 5.41) is 3.63. The summed E-state index contributed by atoms with van der Waals surface area (Å²) in [4.78, 5) is 21.2. The molecular formula is C12H13N3OS. The van der Waals surface area contributed by atoms with E-state index in [4.69, 9.17) is 0 Å². The predicted molar refractivity (Wildman–Crippen MR) is 68.5 cm³/mol. The van der Waals surface area contributed by atoms with Gasteiger partial charge in [-0.05, 0) is 32.4 Å². The van der Waals surface area contributed by atoms with E-state index in [0.717, 1.165) is 15.4 Å². The maximum Gasteiger partial charge on any atom is 0.276 e. The Labute approximate surface area is 104 Å². The first-order valence-corrected chi connectivity index (χ1v) is 6.06. The zero-order valence-electron chi connectivity index (χ0n) is 9.94. The van der Waals surface area contributed by atoms with Crippen LogP contribution in [-0.2, 0) is 0 Å². The number of carbonyl (C=O) groups is 1. The van der Waals surface area contributed by atoms with E-state index in [2.05, 4.69) is 15.3 Å². The van der Waals surface area contributed by atoms with Gasteiger partial charge >= 0.3 is 0 Å². The highest BCUT2D eigenvalue weighted by atomic mass is 32.1. The van der Waals surface area contributed by atoms with Gasteiger partial charge in [-0.3, -0.25) is 4.79 Å². The van der Waals surface area contributed by atoms with Crippen molar-refractivity contribution >= 4 is 23.1 Å². The fraction of sp³-hybridized carbons (Fsp3) is 0.250. The van der Waals surface area contributed by atoms with E-state index in [0.29, 0.717) is 11.5 Å². The van der Waals surface area contributed by atoms with E-state index in [1.807, 2.05) is 26.8 Å². The lowest BCUT2D eigenvalue weighted by Gasteiger charge is -2.02. The van der Waals surface area contributed by atoms with Gasteiger partial charge in [0.1, 0.15) is 11.5 Å². The predicted octanol–water partition coefficient (Wildman–Crippen LogP) is 2.72. The number of carbonyl (C=O) groups excluding carboxylic acids is 1. The highest BCUT2D eigenvalue weighted by Gasteiger charge is 2.14. The molecule has 2 heterocycles. The van der Waals surface area contributed by atoms with E-state index in [9.17, 15) is 4.79 Å². The molecule has 0 atom stereocenters. The number of nitrogens with zero attached hydrogens (tertiary/aromatic N) is 2. The van der Waals surface area contributed by atoms with Crippen LogP contribution in [-0.4, -0.2) is 15.9 Å². The Morgan fingerprint density at radius 3 is 2.59 bits per heavy atom. The van der Waals surface area contributed by atoms with Crippen molar-refractivity contribution in [3.8, 4) is 0 Å². The molecule has 0 unspecified atom stereocenters. The molecule has 1 N–H and O–H groups in total. The normalized spacial score (nSPS) is 10.3. The zero-order valence-corrected chi connectivity index (χ0v) is 10.8. The van der Waals surface area contributed by atoms with Crippen molar-refractivity contribution in [3.63, 3.8) is 0 Å². The van der Waals surface area contributed by atoms with Crippen molar-refractivity contribution in [2.24, 2.45) is 0 Å². The second-order valence-corrected chi connectivity index (χ2v) is 5.22. The number of aryl methyl sites for hydroxylation is 3. The Kier molecular flexibility index (Phi) is 3.19. The van der Waals surface area contributed by atoms with Crippen LogP contribution in [0.4, 0.5) is 5.82 Å². The second-order valence-electron chi connectivity index (χ2n) is 3.81. The summed E-state index contributed by atoms with van der Waals surface area (Å²) in [5.74, 6) is 0.342. The van der Waals surface area contributed by atoms with E-state index in [-0.39, 0.29) is 5.91 Å². The number of rotatable bonds is 2. The fourth-order valence-corrected chi connectivity index (χ4v) is 2.27. The summed E-state index contributed by atoms with van der Waals surface area (Å²) in [6.45, 7) is 5.73. The third-order valence-corrected chi connectivity index (χ3v) is 3.16. The summed E-state index contributed by atoms with van der Waals surface area (Å²) < 4.78 is 0. The van der Waals surface area contributed by atoms with Gasteiger partial charge in [0.25, 0.3) is 5.91 Å². The van der Waals surface area contributed by atoms with Crippen LogP contribution < -0.4 is 5.32 Å². The Morgan fingerprint density at radius 2 is 2.06 bits per heavy atom.